The van der Waals surface area contributed by atoms with Gasteiger partial charge in [-0.25, -0.2) is 4.57 Å². The predicted molar refractivity (Wildman–Crippen MR) is 136 cm³/mol. The summed E-state index contributed by atoms with van der Waals surface area (Å²) in [4.78, 5) is 20.0. The van der Waals surface area contributed by atoms with Gasteiger partial charge in [0.1, 0.15) is 16.3 Å². The van der Waals surface area contributed by atoms with Gasteiger partial charge in [0.25, 0.3) is 5.91 Å². The molecule has 2 unspecified atom stereocenters. The van der Waals surface area contributed by atoms with E-state index in [2.05, 4.69) is 89.2 Å². The molecule has 0 saturated carbocycles. The van der Waals surface area contributed by atoms with Crippen LogP contribution in [0.2, 0.25) is 0 Å². The molecular formula is C24H29ClN4OS3. The fourth-order valence-electron chi connectivity index (χ4n) is 4.79. The number of para-hydroxylation sites is 1. The Balaban J connectivity index is 0.00000259. The summed E-state index contributed by atoms with van der Waals surface area (Å²) in [5.74, 6) is 1.24. The number of aryl methyl sites for hydroxylation is 1. The van der Waals surface area contributed by atoms with Gasteiger partial charge in [-0.3, -0.25) is 4.79 Å². The van der Waals surface area contributed by atoms with Crippen molar-refractivity contribution in [2.24, 2.45) is 0 Å². The highest BCUT2D eigenvalue weighted by molar-refractivity contribution is 8.09. The fraction of sp³-hybridized carbons (Fsp3) is 0.417. The number of aromatic nitrogens is 1. The third-order valence-corrected chi connectivity index (χ3v) is 10.7. The monoisotopic (exact) mass is 520 g/mol. The number of fused-ring (bicyclic) bond motifs is 1. The Morgan fingerprint density at radius 1 is 1.18 bits per heavy atom. The van der Waals surface area contributed by atoms with E-state index in [4.69, 9.17) is 0 Å². The van der Waals surface area contributed by atoms with E-state index in [1.54, 1.807) is 23.5 Å². The maximum atomic E-state index is 13.9. The minimum atomic E-state index is -0.357. The third kappa shape index (κ3) is 4.18. The van der Waals surface area contributed by atoms with Gasteiger partial charge >= 0.3 is 0 Å². The first-order valence-corrected chi connectivity index (χ1v) is 13.9. The Kier molecular flexibility index (Phi) is 7.60. The lowest BCUT2D eigenvalue weighted by atomic mass is 10.1. The molecule has 1 aromatic heterocycles. The van der Waals surface area contributed by atoms with Crippen LogP contribution in [0.25, 0.3) is 0 Å². The third-order valence-electron chi connectivity index (χ3n) is 6.36. The van der Waals surface area contributed by atoms with E-state index in [0.29, 0.717) is 6.54 Å². The molecule has 0 bridgehead atoms. The van der Waals surface area contributed by atoms with E-state index in [-0.39, 0.29) is 28.6 Å². The van der Waals surface area contributed by atoms with Crippen molar-refractivity contribution in [1.29, 1.82) is 0 Å². The summed E-state index contributed by atoms with van der Waals surface area (Å²) in [5, 5.41) is 4.97. The van der Waals surface area contributed by atoms with E-state index < -0.39 is 0 Å². The van der Waals surface area contributed by atoms with E-state index in [1.807, 2.05) is 11.8 Å². The lowest BCUT2D eigenvalue weighted by Gasteiger charge is -2.40. The first-order chi connectivity index (χ1) is 15.6. The summed E-state index contributed by atoms with van der Waals surface area (Å²) in [6.45, 7) is 6.89. The molecule has 2 fully saturated rings. The lowest BCUT2D eigenvalue weighted by Crippen LogP contribution is -3.00. The SMILES string of the molecule is CCN1C(=O)C(=C2Sc3ccccc3N2C)SC1(Cc1cccc[n+]1CC)C1NCCS1.[Cl-]. The summed E-state index contributed by atoms with van der Waals surface area (Å²) in [5.41, 5.74) is 2.44. The second kappa shape index (κ2) is 10.1. The molecule has 5 nitrogen and oxygen atoms in total. The Morgan fingerprint density at radius 3 is 2.67 bits per heavy atom. The number of halogens is 1. The predicted octanol–water partition coefficient (Wildman–Crippen LogP) is 0.906. The van der Waals surface area contributed by atoms with Crippen LogP contribution in [0.4, 0.5) is 5.69 Å². The second-order valence-electron chi connectivity index (χ2n) is 8.12. The lowest BCUT2D eigenvalue weighted by molar-refractivity contribution is -0.701. The van der Waals surface area contributed by atoms with Gasteiger partial charge in [0, 0.05) is 42.9 Å². The summed E-state index contributed by atoms with van der Waals surface area (Å²) < 4.78 is 2.30. The van der Waals surface area contributed by atoms with Crippen LogP contribution in [0.15, 0.2) is 63.5 Å². The van der Waals surface area contributed by atoms with Gasteiger partial charge in [0.15, 0.2) is 11.9 Å². The number of rotatable bonds is 5. The molecule has 4 heterocycles. The number of anilines is 1. The number of benzene rings is 1. The molecule has 2 saturated heterocycles. The van der Waals surface area contributed by atoms with Gasteiger partial charge in [-0.15, -0.1) is 11.8 Å². The zero-order chi connectivity index (χ0) is 22.3. The highest BCUT2D eigenvalue weighted by Crippen LogP contribution is 2.56. The van der Waals surface area contributed by atoms with Crippen molar-refractivity contribution in [3.63, 3.8) is 0 Å². The average Bonchev–Trinajstić information content (AvgIpc) is 3.53. The average molecular weight is 521 g/mol. The Hall–Kier alpha value is -1.32. The maximum absolute atomic E-state index is 13.9. The quantitative estimate of drug-likeness (QED) is 0.467. The number of carbonyl (C=O) groups excluding carboxylic acids is 1. The highest BCUT2D eigenvalue weighted by atomic mass is 35.5. The van der Waals surface area contributed by atoms with Crippen molar-refractivity contribution in [2.75, 3.05) is 30.8 Å². The summed E-state index contributed by atoms with van der Waals surface area (Å²) in [6.07, 6.45) is 2.96. The summed E-state index contributed by atoms with van der Waals surface area (Å²) in [7, 11) is 2.08. The van der Waals surface area contributed by atoms with Crippen LogP contribution in [-0.4, -0.2) is 46.9 Å². The molecule has 176 valence electrons. The largest absolute Gasteiger partial charge is 1.00 e. The number of thioether (sulfide) groups is 3. The molecule has 0 radical (unpaired) electrons. The minimum Gasteiger partial charge on any atom is -1.00 e. The molecule has 9 heteroatoms. The van der Waals surface area contributed by atoms with Crippen molar-refractivity contribution < 1.29 is 21.8 Å². The molecule has 1 aromatic carbocycles. The Morgan fingerprint density at radius 2 is 1.97 bits per heavy atom. The van der Waals surface area contributed by atoms with Crippen LogP contribution < -0.4 is 27.2 Å². The van der Waals surface area contributed by atoms with Crippen molar-refractivity contribution in [3.8, 4) is 0 Å². The molecule has 0 spiro atoms. The molecule has 5 rings (SSSR count). The molecule has 2 aromatic rings. The first-order valence-electron chi connectivity index (χ1n) is 11.2. The molecule has 3 aliphatic rings. The molecule has 1 N–H and O–H groups in total. The summed E-state index contributed by atoms with van der Waals surface area (Å²) in [6, 6.07) is 14.8. The molecule has 1 amide bonds. The highest BCUT2D eigenvalue weighted by Gasteiger charge is 2.57. The summed E-state index contributed by atoms with van der Waals surface area (Å²) >= 11 is 5.45. The minimum absolute atomic E-state index is 0. The van der Waals surface area contributed by atoms with Crippen LogP contribution >= 0.6 is 35.3 Å². The van der Waals surface area contributed by atoms with Crippen molar-refractivity contribution in [1.82, 2.24) is 10.2 Å². The smallest absolute Gasteiger partial charge is 0.264 e. The van der Waals surface area contributed by atoms with Crippen molar-refractivity contribution >= 4 is 46.9 Å². The van der Waals surface area contributed by atoms with E-state index in [0.717, 1.165) is 35.2 Å². The van der Waals surface area contributed by atoms with Crippen molar-refractivity contribution in [3.05, 3.63) is 64.3 Å². The van der Waals surface area contributed by atoms with E-state index in [1.165, 1.54) is 16.3 Å². The number of carbonyl (C=O) groups is 1. The number of nitrogens with one attached hydrogen (secondary N) is 1. The number of hydrogen-bond acceptors (Lipinski definition) is 6. The van der Waals surface area contributed by atoms with Gasteiger partial charge in [-0.1, -0.05) is 41.7 Å². The van der Waals surface area contributed by atoms with Crippen LogP contribution in [0.3, 0.4) is 0 Å². The van der Waals surface area contributed by atoms with Gasteiger partial charge < -0.3 is 27.5 Å². The Bertz CT molecular complexity index is 1080. The van der Waals surface area contributed by atoms with Gasteiger partial charge in [0.2, 0.25) is 0 Å². The first kappa shape index (κ1) is 24.8. The van der Waals surface area contributed by atoms with Gasteiger partial charge in [0.05, 0.1) is 22.5 Å². The number of likely N-dealkylation sites (N-methyl/N-ethyl adjacent to an activating group) is 1. The number of hydrogen-bond donors (Lipinski definition) is 1. The zero-order valence-electron chi connectivity index (χ0n) is 19.1. The van der Waals surface area contributed by atoms with Gasteiger partial charge in [-0.2, -0.15) is 0 Å². The molecular weight excluding hydrogens is 492 g/mol. The van der Waals surface area contributed by atoms with Crippen LogP contribution in [0.1, 0.15) is 19.5 Å². The number of pyridine rings is 1. The molecule has 3 aliphatic heterocycles. The molecule has 33 heavy (non-hydrogen) atoms. The standard InChI is InChI=1S/C24H29N4OS3.ClH/c1-4-27-14-9-8-10-17(27)16-24(23-25-13-15-30-23)28(5-2)21(29)20(32-24)22-26(3)18-11-6-7-12-19(18)31-22;/h6-12,14,23,25H,4-5,13,15-16H2,1-3H3;1H/q+1;/p-1. The van der Waals surface area contributed by atoms with Crippen LogP contribution in [0, 0.1) is 0 Å². The van der Waals surface area contributed by atoms with Crippen LogP contribution in [-0.2, 0) is 17.8 Å². The zero-order valence-corrected chi connectivity index (χ0v) is 22.3. The second-order valence-corrected chi connectivity index (χ2v) is 11.7. The normalized spacial score (nSPS) is 26.6. The fourth-order valence-corrected chi connectivity index (χ4v) is 9.16. The van der Waals surface area contributed by atoms with Gasteiger partial charge in [-0.05, 0) is 26.0 Å². The molecule has 2 atom stereocenters. The topological polar surface area (TPSA) is 39.5 Å². The number of amides is 1. The molecule has 0 aliphatic carbocycles. The maximum Gasteiger partial charge on any atom is 0.264 e. The number of nitrogens with zero attached hydrogens (tertiary/aromatic N) is 3. The van der Waals surface area contributed by atoms with Crippen LogP contribution in [0.5, 0.6) is 0 Å². The van der Waals surface area contributed by atoms with E-state index >= 15 is 0 Å². The van der Waals surface area contributed by atoms with E-state index in [9.17, 15) is 4.79 Å². The Labute approximate surface area is 215 Å². The van der Waals surface area contributed by atoms with Crippen molar-refractivity contribution in [2.45, 2.75) is 42.0 Å².